The third kappa shape index (κ3) is 4.02. The number of benzene rings is 1. The highest BCUT2D eigenvalue weighted by atomic mass is 16.4. The lowest BCUT2D eigenvalue weighted by Gasteiger charge is -2.08. The fourth-order valence-electron chi connectivity index (χ4n) is 1.35. The van der Waals surface area contributed by atoms with Gasteiger partial charge in [-0.2, -0.15) is 0 Å². The molecule has 6 N–H and O–H groups in total. The Hall–Kier alpha value is -2.24. The molecule has 92 valence electrons. The summed E-state index contributed by atoms with van der Waals surface area (Å²) >= 11 is 0. The molecule has 1 amide bonds. The molecule has 17 heavy (non-hydrogen) atoms. The molecular formula is C11H15N3O3. The number of amides is 1. The normalized spacial score (nSPS) is 9.88. The Bertz CT molecular complexity index is 432. The van der Waals surface area contributed by atoms with Gasteiger partial charge in [0.15, 0.2) is 0 Å². The summed E-state index contributed by atoms with van der Waals surface area (Å²) in [4.78, 5) is 21.3. The Kier molecular flexibility index (Phi) is 4.33. The van der Waals surface area contributed by atoms with Crippen LogP contribution >= 0.6 is 0 Å². The van der Waals surface area contributed by atoms with Crippen molar-refractivity contribution in [3.63, 3.8) is 0 Å². The maximum absolute atomic E-state index is 10.8. The minimum Gasteiger partial charge on any atom is -0.478 e. The minimum atomic E-state index is -1.07. The smallest absolute Gasteiger partial charge is 0.337 e. The molecule has 1 aromatic carbocycles. The van der Waals surface area contributed by atoms with E-state index < -0.39 is 5.97 Å². The lowest BCUT2D eigenvalue weighted by atomic mass is 10.1. The second-order valence-electron chi connectivity index (χ2n) is 3.60. The van der Waals surface area contributed by atoms with Crippen LogP contribution in [-0.4, -0.2) is 23.5 Å². The van der Waals surface area contributed by atoms with Crippen molar-refractivity contribution in [3.05, 3.63) is 23.8 Å². The average molecular weight is 237 g/mol. The highest BCUT2D eigenvalue weighted by Crippen LogP contribution is 2.17. The molecule has 0 radical (unpaired) electrons. The van der Waals surface area contributed by atoms with Gasteiger partial charge in [0.25, 0.3) is 0 Å². The van der Waals surface area contributed by atoms with E-state index in [1.807, 2.05) is 0 Å². The summed E-state index contributed by atoms with van der Waals surface area (Å²) in [6.45, 7) is 0.548. The van der Waals surface area contributed by atoms with Crippen molar-refractivity contribution >= 4 is 23.3 Å². The van der Waals surface area contributed by atoms with Crippen molar-refractivity contribution in [1.29, 1.82) is 0 Å². The van der Waals surface area contributed by atoms with Gasteiger partial charge in [-0.05, 0) is 24.6 Å². The van der Waals surface area contributed by atoms with Gasteiger partial charge in [0.2, 0.25) is 5.91 Å². The molecule has 1 rings (SSSR count). The van der Waals surface area contributed by atoms with E-state index in [2.05, 4.69) is 5.32 Å². The first-order chi connectivity index (χ1) is 8.00. The van der Waals surface area contributed by atoms with E-state index in [9.17, 15) is 9.59 Å². The summed E-state index contributed by atoms with van der Waals surface area (Å²) < 4.78 is 0. The molecule has 1 aromatic rings. The summed E-state index contributed by atoms with van der Waals surface area (Å²) in [7, 11) is 0. The molecule has 0 unspecified atom stereocenters. The predicted octanol–water partition coefficient (Wildman–Crippen LogP) is 0.644. The number of primary amides is 1. The van der Waals surface area contributed by atoms with Crippen LogP contribution in [0.25, 0.3) is 0 Å². The van der Waals surface area contributed by atoms with E-state index >= 15 is 0 Å². The fourth-order valence-corrected chi connectivity index (χ4v) is 1.35. The lowest BCUT2D eigenvalue weighted by molar-refractivity contribution is -0.118. The van der Waals surface area contributed by atoms with Gasteiger partial charge in [-0.3, -0.25) is 4.79 Å². The van der Waals surface area contributed by atoms with Crippen molar-refractivity contribution in [2.24, 2.45) is 5.73 Å². The largest absolute Gasteiger partial charge is 0.478 e. The Morgan fingerprint density at radius 1 is 1.35 bits per heavy atom. The molecule has 0 fully saturated rings. The molecule has 0 atom stereocenters. The number of nitrogens with one attached hydrogen (secondary N) is 1. The average Bonchev–Trinajstić information content (AvgIpc) is 2.25. The Morgan fingerprint density at radius 3 is 2.65 bits per heavy atom. The highest BCUT2D eigenvalue weighted by Gasteiger charge is 2.08. The van der Waals surface area contributed by atoms with E-state index in [1.54, 1.807) is 6.07 Å². The quantitative estimate of drug-likeness (QED) is 0.427. The number of carboxylic acid groups (broad SMARTS) is 1. The van der Waals surface area contributed by atoms with Gasteiger partial charge in [0, 0.05) is 24.3 Å². The third-order valence-electron chi connectivity index (χ3n) is 2.21. The van der Waals surface area contributed by atoms with E-state index in [4.69, 9.17) is 16.6 Å². The minimum absolute atomic E-state index is 0.0601. The standard InChI is InChI=1S/C11H15N3O3/c12-9-4-3-7(6-8(9)11(16)17)14-5-1-2-10(13)15/h3-4,6,14H,1-2,5,12H2,(H2,13,15)(H,16,17). The Morgan fingerprint density at radius 2 is 2.06 bits per heavy atom. The van der Waals surface area contributed by atoms with Gasteiger partial charge in [0.05, 0.1) is 5.56 Å². The van der Waals surface area contributed by atoms with E-state index in [1.165, 1.54) is 12.1 Å². The summed E-state index contributed by atoms with van der Waals surface area (Å²) in [5.41, 5.74) is 11.4. The van der Waals surface area contributed by atoms with Crippen molar-refractivity contribution in [2.75, 3.05) is 17.6 Å². The molecule has 6 nitrogen and oxygen atoms in total. The fraction of sp³-hybridized carbons (Fsp3) is 0.273. The van der Waals surface area contributed by atoms with Crippen molar-refractivity contribution in [1.82, 2.24) is 0 Å². The summed E-state index contributed by atoms with van der Waals surface area (Å²) in [5, 5.41) is 11.9. The van der Waals surface area contributed by atoms with Crippen LogP contribution in [0, 0.1) is 0 Å². The second-order valence-corrected chi connectivity index (χ2v) is 3.60. The number of hydrogen-bond donors (Lipinski definition) is 4. The number of carbonyl (C=O) groups is 2. The van der Waals surface area contributed by atoms with Crippen LogP contribution in [0.3, 0.4) is 0 Å². The number of nitrogens with two attached hydrogens (primary N) is 2. The van der Waals surface area contributed by atoms with Gasteiger partial charge < -0.3 is 21.9 Å². The number of carbonyl (C=O) groups excluding carboxylic acids is 1. The summed E-state index contributed by atoms with van der Waals surface area (Å²) in [5.74, 6) is -1.42. The van der Waals surface area contributed by atoms with Crippen LogP contribution in [-0.2, 0) is 4.79 Å². The van der Waals surface area contributed by atoms with Crippen molar-refractivity contribution in [3.8, 4) is 0 Å². The number of nitrogen functional groups attached to an aromatic ring is 1. The molecule has 6 heteroatoms. The first-order valence-corrected chi connectivity index (χ1v) is 5.15. The van der Waals surface area contributed by atoms with Crippen LogP contribution in [0.2, 0.25) is 0 Å². The van der Waals surface area contributed by atoms with Gasteiger partial charge in [-0.1, -0.05) is 0 Å². The molecule has 0 aliphatic heterocycles. The molecule has 0 bridgehead atoms. The van der Waals surface area contributed by atoms with Gasteiger partial charge in [-0.15, -0.1) is 0 Å². The maximum atomic E-state index is 10.8. The molecule has 0 aromatic heterocycles. The number of anilines is 2. The third-order valence-corrected chi connectivity index (χ3v) is 2.21. The number of aromatic carboxylic acids is 1. The van der Waals surface area contributed by atoms with Gasteiger partial charge in [0.1, 0.15) is 0 Å². The number of carboxylic acids is 1. The van der Waals surface area contributed by atoms with E-state index in [0.717, 1.165) is 0 Å². The topological polar surface area (TPSA) is 118 Å². The summed E-state index contributed by atoms with van der Waals surface area (Å²) in [6, 6.07) is 4.67. The SMILES string of the molecule is NC(=O)CCCNc1ccc(N)c(C(=O)O)c1. The molecule has 0 aliphatic carbocycles. The zero-order valence-electron chi connectivity index (χ0n) is 9.27. The monoisotopic (exact) mass is 237 g/mol. The molecule has 0 heterocycles. The highest BCUT2D eigenvalue weighted by molar-refractivity contribution is 5.94. The number of hydrogen-bond acceptors (Lipinski definition) is 4. The van der Waals surface area contributed by atoms with E-state index in [-0.39, 0.29) is 17.2 Å². The van der Waals surface area contributed by atoms with Gasteiger partial charge >= 0.3 is 5.97 Å². The predicted molar refractivity (Wildman–Crippen MR) is 64.7 cm³/mol. The van der Waals surface area contributed by atoms with Crippen molar-refractivity contribution < 1.29 is 14.7 Å². The second kappa shape index (κ2) is 5.74. The maximum Gasteiger partial charge on any atom is 0.337 e. The zero-order valence-corrected chi connectivity index (χ0v) is 9.27. The van der Waals surface area contributed by atoms with E-state index in [0.29, 0.717) is 25.1 Å². The molecular weight excluding hydrogens is 222 g/mol. The van der Waals surface area contributed by atoms with Crippen LogP contribution in [0.5, 0.6) is 0 Å². The molecule has 0 aliphatic rings. The Labute approximate surface area is 98.6 Å². The summed E-state index contributed by atoms with van der Waals surface area (Å²) in [6.07, 6.45) is 0.899. The first kappa shape index (κ1) is 12.8. The van der Waals surface area contributed by atoms with Crippen LogP contribution in [0.1, 0.15) is 23.2 Å². The Balaban J connectivity index is 2.57. The first-order valence-electron chi connectivity index (χ1n) is 5.15. The molecule has 0 spiro atoms. The van der Waals surface area contributed by atoms with Crippen LogP contribution in [0.15, 0.2) is 18.2 Å². The van der Waals surface area contributed by atoms with Crippen LogP contribution in [0.4, 0.5) is 11.4 Å². The van der Waals surface area contributed by atoms with Crippen molar-refractivity contribution in [2.45, 2.75) is 12.8 Å². The van der Waals surface area contributed by atoms with Gasteiger partial charge in [-0.25, -0.2) is 4.79 Å². The number of rotatable bonds is 6. The zero-order chi connectivity index (χ0) is 12.8. The van der Waals surface area contributed by atoms with Crippen LogP contribution < -0.4 is 16.8 Å². The lowest BCUT2D eigenvalue weighted by Crippen LogP contribution is -2.13. The molecule has 0 saturated heterocycles. The molecule has 0 saturated carbocycles.